The number of ether oxygens (including phenoxy) is 1. The van der Waals surface area contributed by atoms with E-state index in [9.17, 15) is 0 Å². The average molecular weight is 172 g/mol. The fourth-order valence-electron chi connectivity index (χ4n) is 2.17. The van der Waals surface area contributed by atoms with Gasteiger partial charge in [-0.2, -0.15) is 0 Å². The van der Waals surface area contributed by atoms with Crippen LogP contribution in [0.25, 0.3) is 0 Å². The minimum Gasteiger partial charge on any atom is -0.396 e. The van der Waals surface area contributed by atoms with E-state index in [0.29, 0.717) is 12.5 Å². The zero-order valence-electron chi connectivity index (χ0n) is 7.96. The first-order valence-electron chi connectivity index (χ1n) is 4.98. The molecule has 1 aliphatic carbocycles. The molecule has 1 aliphatic rings. The van der Waals surface area contributed by atoms with Gasteiger partial charge in [0.05, 0.1) is 0 Å². The summed E-state index contributed by atoms with van der Waals surface area (Å²) < 4.78 is 5.02. The topological polar surface area (TPSA) is 29.5 Å². The third-order valence-corrected chi connectivity index (χ3v) is 2.99. The van der Waals surface area contributed by atoms with Crippen molar-refractivity contribution in [3.8, 4) is 0 Å². The van der Waals surface area contributed by atoms with Gasteiger partial charge in [0.25, 0.3) is 0 Å². The summed E-state index contributed by atoms with van der Waals surface area (Å²) in [5.74, 6) is 1.26. The van der Waals surface area contributed by atoms with E-state index in [2.05, 4.69) is 0 Å². The number of rotatable bonds is 5. The lowest BCUT2D eigenvalue weighted by Crippen LogP contribution is -2.17. The Labute approximate surface area is 74.9 Å². The van der Waals surface area contributed by atoms with Crippen molar-refractivity contribution in [1.29, 1.82) is 0 Å². The quantitative estimate of drug-likeness (QED) is 0.685. The van der Waals surface area contributed by atoms with Crippen molar-refractivity contribution < 1.29 is 9.84 Å². The molecule has 0 aromatic heterocycles. The van der Waals surface area contributed by atoms with Crippen LogP contribution in [0.15, 0.2) is 0 Å². The second-order valence-electron chi connectivity index (χ2n) is 3.77. The van der Waals surface area contributed by atoms with Gasteiger partial charge in [0.15, 0.2) is 0 Å². The zero-order valence-corrected chi connectivity index (χ0v) is 7.96. The molecular formula is C10H20O2. The van der Waals surface area contributed by atoms with E-state index in [0.717, 1.165) is 18.9 Å². The summed E-state index contributed by atoms with van der Waals surface area (Å²) in [5.41, 5.74) is 0. The van der Waals surface area contributed by atoms with E-state index in [-0.39, 0.29) is 0 Å². The molecule has 1 saturated carbocycles. The van der Waals surface area contributed by atoms with Gasteiger partial charge in [-0.25, -0.2) is 0 Å². The maximum absolute atomic E-state index is 9.16. The van der Waals surface area contributed by atoms with E-state index in [1.807, 2.05) is 0 Å². The molecule has 2 heteroatoms. The standard InChI is InChI=1S/C10H20O2/c1-12-7-6-10(8-11)9-4-2-3-5-9/h9-11H,2-8H2,1H3. The fourth-order valence-corrected chi connectivity index (χ4v) is 2.17. The van der Waals surface area contributed by atoms with Crippen molar-refractivity contribution in [3.63, 3.8) is 0 Å². The molecule has 0 radical (unpaired) electrons. The molecule has 0 saturated heterocycles. The van der Waals surface area contributed by atoms with Crippen LogP contribution < -0.4 is 0 Å². The molecular weight excluding hydrogens is 152 g/mol. The third-order valence-electron chi connectivity index (χ3n) is 2.99. The predicted molar refractivity (Wildman–Crippen MR) is 49.0 cm³/mol. The Morgan fingerprint density at radius 2 is 2.08 bits per heavy atom. The highest BCUT2D eigenvalue weighted by Crippen LogP contribution is 2.32. The highest BCUT2D eigenvalue weighted by molar-refractivity contribution is 4.74. The molecule has 1 atom stereocenters. The molecule has 0 heterocycles. The molecule has 0 bridgehead atoms. The lowest BCUT2D eigenvalue weighted by atomic mass is 9.89. The van der Waals surface area contributed by atoms with Gasteiger partial charge < -0.3 is 9.84 Å². The van der Waals surface area contributed by atoms with E-state index >= 15 is 0 Å². The van der Waals surface area contributed by atoms with E-state index in [1.54, 1.807) is 7.11 Å². The van der Waals surface area contributed by atoms with Crippen molar-refractivity contribution in [3.05, 3.63) is 0 Å². The van der Waals surface area contributed by atoms with Crippen LogP contribution in [0.3, 0.4) is 0 Å². The van der Waals surface area contributed by atoms with Gasteiger partial charge in [0.1, 0.15) is 0 Å². The minimum absolute atomic E-state index is 0.341. The molecule has 2 nitrogen and oxygen atoms in total. The summed E-state index contributed by atoms with van der Waals surface area (Å²) >= 11 is 0. The van der Waals surface area contributed by atoms with Crippen LogP contribution >= 0.6 is 0 Å². The first-order valence-corrected chi connectivity index (χ1v) is 4.98. The van der Waals surface area contributed by atoms with Gasteiger partial charge in [-0.3, -0.25) is 0 Å². The summed E-state index contributed by atoms with van der Waals surface area (Å²) in [7, 11) is 1.73. The van der Waals surface area contributed by atoms with Crippen molar-refractivity contribution in [2.24, 2.45) is 11.8 Å². The number of aliphatic hydroxyl groups is 1. The molecule has 0 aliphatic heterocycles. The third kappa shape index (κ3) is 2.76. The maximum Gasteiger partial charge on any atom is 0.0465 e. The largest absolute Gasteiger partial charge is 0.396 e. The van der Waals surface area contributed by atoms with Gasteiger partial charge in [-0.15, -0.1) is 0 Å². The molecule has 0 amide bonds. The van der Waals surface area contributed by atoms with Crippen LogP contribution in [-0.4, -0.2) is 25.4 Å². The smallest absolute Gasteiger partial charge is 0.0465 e. The Kier molecular flexibility index (Phi) is 4.62. The summed E-state index contributed by atoms with van der Waals surface area (Å²) in [6, 6.07) is 0. The summed E-state index contributed by atoms with van der Waals surface area (Å²) in [4.78, 5) is 0. The molecule has 0 spiro atoms. The van der Waals surface area contributed by atoms with E-state index in [4.69, 9.17) is 9.84 Å². The number of methoxy groups -OCH3 is 1. The van der Waals surface area contributed by atoms with Crippen LogP contribution in [0.5, 0.6) is 0 Å². The Morgan fingerprint density at radius 3 is 2.58 bits per heavy atom. The molecule has 12 heavy (non-hydrogen) atoms. The highest BCUT2D eigenvalue weighted by Gasteiger charge is 2.23. The molecule has 1 rings (SSSR count). The predicted octanol–water partition coefficient (Wildman–Crippen LogP) is 1.82. The van der Waals surface area contributed by atoms with E-state index < -0.39 is 0 Å². The number of hydrogen-bond donors (Lipinski definition) is 1. The first-order chi connectivity index (χ1) is 5.88. The fraction of sp³-hybridized carbons (Fsp3) is 1.00. The maximum atomic E-state index is 9.16. The normalized spacial score (nSPS) is 21.5. The summed E-state index contributed by atoms with van der Waals surface area (Å²) in [6.45, 7) is 1.13. The van der Waals surface area contributed by atoms with Crippen LogP contribution in [0.2, 0.25) is 0 Å². The first kappa shape index (κ1) is 10.0. The average Bonchev–Trinajstić information content (AvgIpc) is 2.59. The molecule has 1 fully saturated rings. The highest BCUT2D eigenvalue weighted by atomic mass is 16.5. The van der Waals surface area contributed by atoms with Crippen LogP contribution in [0.1, 0.15) is 32.1 Å². The molecule has 1 unspecified atom stereocenters. The van der Waals surface area contributed by atoms with Crippen LogP contribution in [-0.2, 0) is 4.74 Å². The lowest BCUT2D eigenvalue weighted by Gasteiger charge is -2.20. The Morgan fingerprint density at radius 1 is 1.42 bits per heavy atom. The SMILES string of the molecule is COCCC(CO)C1CCCC1. The summed E-state index contributed by atoms with van der Waals surface area (Å²) in [6.07, 6.45) is 6.36. The second-order valence-corrected chi connectivity index (χ2v) is 3.77. The van der Waals surface area contributed by atoms with Crippen molar-refractivity contribution in [2.45, 2.75) is 32.1 Å². The summed E-state index contributed by atoms with van der Waals surface area (Å²) in [5, 5.41) is 9.16. The van der Waals surface area contributed by atoms with Gasteiger partial charge >= 0.3 is 0 Å². The number of aliphatic hydroxyl groups excluding tert-OH is 1. The van der Waals surface area contributed by atoms with Crippen molar-refractivity contribution in [1.82, 2.24) is 0 Å². The molecule has 0 aromatic carbocycles. The Balaban J connectivity index is 2.22. The Hall–Kier alpha value is -0.0800. The van der Waals surface area contributed by atoms with Crippen molar-refractivity contribution in [2.75, 3.05) is 20.3 Å². The molecule has 1 N–H and O–H groups in total. The molecule has 72 valence electrons. The van der Waals surface area contributed by atoms with Crippen molar-refractivity contribution >= 4 is 0 Å². The van der Waals surface area contributed by atoms with E-state index in [1.165, 1.54) is 25.7 Å². The van der Waals surface area contributed by atoms with Gasteiger partial charge in [-0.05, 0) is 18.3 Å². The second kappa shape index (κ2) is 5.55. The monoisotopic (exact) mass is 172 g/mol. The Bertz CT molecular complexity index is 108. The van der Waals surface area contributed by atoms with Gasteiger partial charge in [-0.1, -0.05) is 25.7 Å². The zero-order chi connectivity index (χ0) is 8.81. The molecule has 0 aromatic rings. The van der Waals surface area contributed by atoms with Crippen LogP contribution in [0, 0.1) is 11.8 Å². The van der Waals surface area contributed by atoms with Gasteiger partial charge in [0, 0.05) is 20.3 Å². The minimum atomic E-state index is 0.341. The van der Waals surface area contributed by atoms with Crippen LogP contribution in [0.4, 0.5) is 0 Å². The number of hydrogen-bond acceptors (Lipinski definition) is 2. The lowest BCUT2D eigenvalue weighted by molar-refractivity contribution is 0.118. The van der Waals surface area contributed by atoms with Gasteiger partial charge in [0.2, 0.25) is 0 Å².